The number of carbonyl (C=O) groups is 1. The Morgan fingerprint density at radius 2 is 2.27 bits per heavy atom. The standard InChI is InChI=1S/C14H15ClN4O2S/c15-12-4-3-11(22-12)14(20)18-6-9(7-18)19-8-16-17-13(19)10-2-1-5-21-10/h3-4,8-10H,1-2,5-7H2. The number of hydrogen-bond donors (Lipinski definition) is 0. The minimum atomic E-state index is 0.0416. The molecule has 1 amide bonds. The summed E-state index contributed by atoms with van der Waals surface area (Å²) in [4.78, 5) is 14.8. The van der Waals surface area contributed by atoms with Gasteiger partial charge in [0.05, 0.1) is 15.3 Å². The molecular weight excluding hydrogens is 324 g/mol. The number of rotatable bonds is 3. The van der Waals surface area contributed by atoms with Gasteiger partial charge in [-0.2, -0.15) is 0 Å². The van der Waals surface area contributed by atoms with E-state index < -0.39 is 0 Å². The highest BCUT2D eigenvalue weighted by molar-refractivity contribution is 7.17. The van der Waals surface area contributed by atoms with Gasteiger partial charge in [0, 0.05) is 19.7 Å². The molecule has 0 radical (unpaired) electrons. The Labute approximate surface area is 136 Å². The summed E-state index contributed by atoms with van der Waals surface area (Å²) in [6, 6.07) is 3.76. The highest BCUT2D eigenvalue weighted by atomic mass is 35.5. The molecule has 2 aromatic heterocycles. The van der Waals surface area contributed by atoms with E-state index in [1.807, 2.05) is 4.90 Å². The fourth-order valence-electron chi connectivity index (χ4n) is 2.93. The van der Waals surface area contributed by atoms with Crippen LogP contribution in [-0.4, -0.2) is 45.3 Å². The van der Waals surface area contributed by atoms with Crippen molar-refractivity contribution in [1.29, 1.82) is 0 Å². The molecule has 116 valence electrons. The third-order valence-electron chi connectivity index (χ3n) is 4.15. The van der Waals surface area contributed by atoms with Crippen LogP contribution in [0.15, 0.2) is 18.5 Å². The van der Waals surface area contributed by atoms with Crippen molar-refractivity contribution in [3.8, 4) is 0 Å². The van der Waals surface area contributed by atoms with Crippen LogP contribution in [0.5, 0.6) is 0 Å². The molecule has 6 nitrogen and oxygen atoms in total. The number of hydrogen-bond acceptors (Lipinski definition) is 5. The molecule has 0 spiro atoms. The Morgan fingerprint density at radius 3 is 2.95 bits per heavy atom. The van der Waals surface area contributed by atoms with E-state index in [1.165, 1.54) is 11.3 Å². The Balaban J connectivity index is 1.43. The molecule has 0 saturated carbocycles. The van der Waals surface area contributed by atoms with Crippen LogP contribution in [0, 0.1) is 0 Å². The van der Waals surface area contributed by atoms with Crippen LogP contribution in [0.25, 0.3) is 0 Å². The Bertz CT molecular complexity index is 689. The van der Waals surface area contributed by atoms with Crippen molar-refractivity contribution in [2.45, 2.75) is 25.0 Å². The summed E-state index contributed by atoms with van der Waals surface area (Å²) in [6.07, 6.45) is 3.84. The van der Waals surface area contributed by atoms with Gasteiger partial charge in [0.25, 0.3) is 5.91 Å². The molecule has 22 heavy (non-hydrogen) atoms. The van der Waals surface area contributed by atoms with Gasteiger partial charge in [-0.1, -0.05) is 11.6 Å². The van der Waals surface area contributed by atoms with Gasteiger partial charge in [-0.05, 0) is 25.0 Å². The third kappa shape index (κ3) is 2.43. The van der Waals surface area contributed by atoms with Crippen molar-refractivity contribution in [2.75, 3.05) is 19.7 Å². The maximum atomic E-state index is 12.3. The fourth-order valence-corrected chi connectivity index (χ4v) is 3.94. The Morgan fingerprint density at radius 1 is 1.41 bits per heavy atom. The lowest BCUT2D eigenvalue weighted by Crippen LogP contribution is -2.50. The molecule has 4 heterocycles. The summed E-state index contributed by atoms with van der Waals surface area (Å²) in [5, 5.41) is 8.22. The summed E-state index contributed by atoms with van der Waals surface area (Å²) in [7, 11) is 0. The molecule has 0 bridgehead atoms. The van der Waals surface area contributed by atoms with Crippen molar-refractivity contribution in [3.05, 3.63) is 33.5 Å². The summed E-state index contributed by atoms with van der Waals surface area (Å²) < 4.78 is 8.38. The van der Waals surface area contributed by atoms with Crippen molar-refractivity contribution >= 4 is 28.8 Å². The topological polar surface area (TPSA) is 60.2 Å². The molecular formula is C14H15ClN4O2S. The second-order valence-electron chi connectivity index (χ2n) is 5.57. The number of thiophene rings is 1. The molecule has 0 aliphatic carbocycles. The molecule has 2 aliphatic rings. The zero-order chi connectivity index (χ0) is 15.1. The van der Waals surface area contributed by atoms with Gasteiger partial charge in [-0.3, -0.25) is 4.79 Å². The molecule has 2 fully saturated rings. The summed E-state index contributed by atoms with van der Waals surface area (Å²) in [5.74, 6) is 0.925. The van der Waals surface area contributed by atoms with Crippen molar-refractivity contribution in [3.63, 3.8) is 0 Å². The molecule has 1 atom stereocenters. The van der Waals surface area contributed by atoms with Crippen LogP contribution < -0.4 is 0 Å². The first kappa shape index (κ1) is 14.2. The van der Waals surface area contributed by atoms with E-state index in [2.05, 4.69) is 14.8 Å². The van der Waals surface area contributed by atoms with Gasteiger partial charge in [-0.25, -0.2) is 0 Å². The predicted molar refractivity (Wildman–Crippen MR) is 82.2 cm³/mol. The number of likely N-dealkylation sites (tertiary alicyclic amines) is 1. The molecule has 2 aliphatic heterocycles. The first-order chi connectivity index (χ1) is 10.7. The highest BCUT2D eigenvalue weighted by Gasteiger charge is 2.36. The Kier molecular flexibility index (Phi) is 3.63. The zero-order valence-corrected chi connectivity index (χ0v) is 13.4. The van der Waals surface area contributed by atoms with Crippen LogP contribution in [0.1, 0.15) is 40.5 Å². The Hall–Kier alpha value is -1.44. The fraction of sp³-hybridized carbons (Fsp3) is 0.500. The maximum absolute atomic E-state index is 12.3. The van der Waals surface area contributed by atoms with Crippen LogP contribution >= 0.6 is 22.9 Å². The first-order valence-corrected chi connectivity index (χ1v) is 8.47. The minimum absolute atomic E-state index is 0.0416. The van der Waals surface area contributed by atoms with Crippen molar-refractivity contribution in [2.24, 2.45) is 0 Å². The van der Waals surface area contributed by atoms with Crippen molar-refractivity contribution in [1.82, 2.24) is 19.7 Å². The molecule has 2 saturated heterocycles. The van der Waals surface area contributed by atoms with Crippen molar-refractivity contribution < 1.29 is 9.53 Å². The van der Waals surface area contributed by atoms with Gasteiger partial charge < -0.3 is 14.2 Å². The van der Waals surface area contributed by atoms with E-state index in [0.717, 1.165) is 25.3 Å². The lowest BCUT2D eigenvalue weighted by molar-refractivity contribution is 0.0488. The van der Waals surface area contributed by atoms with Gasteiger partial charge >= 0.3 is 0 Å². The van der Waals surface area contributed by atoms with E-state index in [9.17, 15) is 4.79 Å². The summed E-state index contributed by atoms with van der Waals surface area (Å²) in [5.41, 5.74) is 0. The lowest BCUT2D eigenvalue weighted by Gasteiger charge is -2.40. The molecule has 2 aromatic rings. The van der Waals surface area contributed by atoms with Crippen LogP contribution in [0.3, 0.4) is 0 Å². The highest BCUT2D eigenvalue weighted by Crippen LogP contribution is 2.32. The molecule has 0 N–H and O–H groups in total. The lowest BCUT2D eigenvalue weighted by atomic mass is 10.1. The predicted octanol–water partition coefficient (Wildman–Crippen LogP) is 2.54. The largest absolute Gasteiger partial charge is 0.370 e. The van der Waals surface area contributed by atoms with Gasteiger partial charge in [0.15, 0.2) is 5.82 Å². The monoisotopic (exact) mass is 338 g/mol. The van der Waals surface area contributed by atoms with Gasteiger partial charge in [-0.15, -0.1) is 21.5 Å². The maximum Gasteiger partial charge on any atom is 0.264 e. The van der Waals surface area contributed by atoms with E-state index in [-0.39, 0.29) is 18.1 Å². The molecule has 0 aromatic carbocycles. The van der Waals surface area contributed by atoms with Gasteiger partial charge in [0.1, 0.15) is 12.4 Å². The second kappa shape index (κ2) is 5.64. The molecule has 1 unspecified atom stereocenters. The molecule has 8 heteroatoms. The molecule has 4 rings (SSSR count). The van der Waals surface area contributed by atoms with E-state index in [4.69, 9.17) is 16.3 Å². The third-order valence-corrected chi connectivity index (χ3v) is 5.36. The second-order valence-corrected chi connectivity index (χ2v) is 7.28. The SMILES string of the molecule is O=C(c1ccc(Cl)s1)N1CC(n2cnnc2C2CCCO2)C1. The summed E-state index contributed by atoms with van der Waals surface area (Å²) >= 11 is 7.21. The first-order valence-electron chi connectivity index (χ1n) is 7.28. The number of nitrogens with zero attached hydrogens (tertiary/aromatic N) is 4. The summed E-state index contributed by atoms with van der Waals surface area (Å²) in [6.45, 7) is 2.13. The average molecular weight is 339 g/mol. The van der Waals surface area contributed by atoms with E-state index in [1.54, 1.807) is 18.5 Å². The normalized spacial score (nSPS) is 22.0. The smallest absolute Gasteiger partial charge is 0.264 e. The minimum Gasteiger partial charge on any atom is -0.370 e. The van der Waals surface area contributed by atoms with E-state index >= 15 is 0 Å². The number of ether oxygens (including phenoxy) is 1. The van der Waals surface area contributed by atoms with Crippen LogP contribution in [-0.2, 0) is 4.74 Å². The number of carbonyl (C=O) groups excluding carboxylic acids is 1. The quantitative estimate of drug-likeness (QED) is 0.863. The number of amides is 1. The number of aromatic nitrogens is 3. The van der Waals surface area contributed by atoms with Gasteiger partial charge in [0.2, 0.25) is 0 Å². The number of halogens is 1. The zero-order valence-electron chi connectivity index (χ0n) is 11.8. The van der Waals surface area contributed by atoms with Crippen LogP contribution in [0.2, 0.25) is 4.34 Å². The van der Waals surface area contributed by atoms with Crippen LogP contribution in [0.4, 0.5) is 0 Å². The average Bonchev–Trinajstić information content (AvgIpc) is 3.16. The van der Waals surface area contributed by atoms with E-state index in [0.29, 0.717) is 22.3 Å².